The average Bonchev–Trinajstić information content (AvgIpc) is 2.19. The first-order valence-electron chi connectivity index (χ1n) is 3.72. The summed E-state index contributed by atoms with van der Waals surface area (Å²) in [5.41, 5.74) is 1.17. The van der Waals surface area contributed by atoms with Gasteiger partial charge in [-0.15, -0.1) is 11.6 Å². The van der Waals surface area contributed by atoms with Crippen LogP contribution in [0.2, 0.25) is 5.02 Å². The molecule has 0 amide bonds. The molecule has 0 N–H and O–H groups in total. The van der Waals surface area contributed by atoms with Gasteiger partial charge in [0.1, 0.15) is 0 Å². The lowest BCUT2D eigenvalue weighted by Crippen LogP contribution is -2.02. The molecule has 14 heavy (non-hydrogen) atoms. The van der Waals surface area contributed by atoms with Crippen molar-refractivity contribution in [3.63, 3.8) is 0 Å². The van der Waals surface area contributed by atoms with E-state index in [9.17, 15) is 4.79 Å². The normalized spacial score (nSPS) is 10.0. The Morgan fingerprint density at radius 3 is 2.71 bits per heavy atom. The van der Waals surface area contributed by atoms with Crippen molar-refractivity contribution in [3.8, 4) is 0 Å². The molecule has 0 fully saturated rings. The summed E-state index contributed by atoms with van der Waals surface area (Å²) in [6.07, 6.45) is 0. The average molecular weight is 298 g/mol. The van der Waals surface area contributed by atoms with Crippen LogP contribution in [0.3, 0.4) is 0 Å². The van der Waals surface area contributed by atoms with E-state index in [-0.39, 0.29) is 0 Å². The number of methoxy groups -OCH3 is 1. The molecule has 0 saturated heterocycles. The smallest absolute Gasteiger partial charge is 0.339 e. The van der Waals surface area contributed by atoms with Gasteiger partial charge in [0.2, 0.25) is 0 Å². The van der Waals surface area contributed by atoms with Crippen LogP contribution in [0.5, 0.6) is 0 Å². The summed E-state index contributed by atoms with van der Waals surface area (Å²) >= 11 is 14.8. The summed E-state index contributed by atoms with van der Waals surface area (Å²) in [6, 6.07) is 3.25. The zero-order valence-corrected chi connectivity index (χ0v) is 10.4. The first-order valence-corrected chi connectivity index (χ1v) is 5.43. The monoisotopic (exact) mass is 296 g/mol. The highest BCUT2D eigenvalue weighted by molar-refractivity contribution is 9.10. The Morgan fingerprint density at radius 2 is 2.21 bits per heavy atom. The number of benzene rings is 1. The number of alkyl halides is 1. The van der Waals surface area contributed by atoms with Crippen molar-refractivity contribution < 1.29 is 9.53 Å². The van der Waals surface area contributed by atoms with Gasteiger partial charge in [-0.3, -0.25) is 0 Å². The Morgan fingerprint density at radius 1 is 1.57 bits per heavy atom. The Hall–Kier alpha value is -0.250. The molecule has 5 heteroatoms. The Bertz CT molecular complexity index is 366. The molecule has 0 saturated carbocycles. The maximum atomic E-state index is 11.2. The largest absolute Gasteiger partial charge is 0.465 e. The van der Waals surface area contributed by atoms with Crippen LogP contribution in [-0.4, -0.2) is 13.1 Å². The quantitative estimate of drug-likeness (QED) is 0.615. The van der Waals surface area contributed by atoms with E-state index in [1.54, 1.807) is 6.07 Å². The zero-order valence-electron chi connectivity index (χ0n) is 7.31. The van der Waals surface area contributed by atoms with Crippen molar-refractivity contribution in [1.82, 2.24) is 0 Å². The molecular formula is C9H7BrCl2O2. The second-order valence-electron chi connectivity index (χ2n) is 2.55. The summed E-state index contributed by atoms with van der Waals surface area (Å²) in [6.45, 7) is 0. The van der Waals surface area contributed by atoms with Gasteiger partial charge in [0.05, 0.1) is 12.7 Å². The highest BCUT2D eigenvalue weighted by atomic mass is 79.9. The fourth-order valence-corrected chi connectivity index (χ4v) is 2.03. The number of carbonyl (C=O) groups is 1. The predicted octanol–water partition coefficient (Wildman–Crippen LogP) is 3.63. The molecule has 0 aliphatic heterocycles. The fraction of sp³-hybridized carbons (Fsp3) is 0.222. The Kier molecular flexibility index (Phi) is 4.23. The molecule has 0 heterocycles. The Balaban J connectivity index is 3.21. The topological polar surface area (TPSA) is 26.3 Å². The maximum absolute atomic E-state index is 11.2. The van der Waals surface area contributed by atoms with Crippen LogP contribution in [0, 0.1) is 0 Å². The van der Waals surface area contributed by atoms with Gasteiger partial charge < -0.3 is 4.74 Å². The molecule has 0 aliphatic carbocycles. The number of esters is 1. The fourth-order valence-electron chi connectivity index (χ4n) is 0.957. The molecule has 0 spiro atoms. The number of hydrogen-bond donors (Lipinski definition) is 0. The van der Waals surface area contributed by atoms with Crippen LogP contribution in [0.4, 0.5) is 0 Å². The predicted molar refractivity (Wildman–Crippen MR) is 60.0 cm³/mol. The van der Waals surface area contributed by atoms with Gasteiger partial charge in [0.15, 0.2) is 0 Å². The number of hydrogen-bond acceptors (Lipinski definition) is 2. The molecule has 0 aliphatic rings. The number of carbonyl (C=O) groups excluding carboxylic acids is 1. The molecule has 1 aromatic carbocycles. The molecule has 0 atom stereocenters. The van der Waals surface area contributed by atoms with Gasteiger partial charge >= 0.3 is 5.97 Å². The van der Waals surface area contributed by atoms with E-state index in [2.05, 4.69) is 20.7 Å². The lowest BCUT2D eigenvalue weighted by molar-refractivity contribution is 0.0599. The third kappa shape index (κ3) is 2.41. The molecule has 0 radical (unpaired) electrons. The van der Waals surface area contributed by atoms with Gasteiger partial charge in [0, 0.05) is 15.4 Å². The van der Waals surface area contributed by atoms with Crippen LogP contribution in [0.1, 0.15) is 15.9 Å². The lowest BCUT2D eigenvalue weighted by atomic mass is 10.1. The summed E-state index contributed by atoms with van der Waals surface area (Å²) in [5.74, 6) is -0.126. The SMILES string of the molecule is COC(=O)c1cc(Cl)c(CCl)cc1Br. The summed E-state index contributed by atoms with van der Waals surface area (Å²) in [7, 11) is 1.32. The summed E-state index contributed by atoms with van der Waals surface area (Å²) in [4.78, 5) is 11.2. The third-order valence-electron chi connectivity index (χ3n) is 1.69. The van der Waals surface area contributed by atoms with Gasteiger partial charge in [-0.2, -0.15) is 0 Å². The van der Waals surface area contributed by atoms with Crippen LogP contribution in [0.25, 0.3) is 0 Å². The molecule has 0 unspecified atom stereocenters. The standard InChI is InChI=1S/C9H7BrCl2O2/c1-14-9(13)6-3-8(12)5(4-11)2-7(6)10/h2-3H,4H2,1H3. The van der Waals surface area contributed by atoms with Crippen molar-refractivity contribution >= 4 is 45.1 Å². The van der Waals surface area contributed by atoms with Crippen LogP contribution < -0.4 is 0 Å². The van der Waals surface area contributed by atoms with Crippen LogP contribution in [-0.2, 0) is 10.6 Å². The molecule has 1 rings (SSSR count). The van der Waals surface area contributed by atoms with E-state index in [1.165, 1.54) is 13.2 Å². The maximum Gasteiger partial charge on any atom is 0.339 e. The second kappa shape index (κ2) is 5.01. The van der Waals surface area contributed by atoms with Gasteiger partial charge in [-0.25, -0.2) is 4.79 Å². The molecular weight excluding hydrogens is 291 g/mol. The molecule has 0 bridgehead atoms. The van der Waals surface area contributed by atoms with Gasteiger partial charge in [-0.05, 0) is 33.6 Å². The van der Waals surface area contributed by atoms with Gasteiger partial charge in [-0.1, -0.05) is 11.6 Å². The molecule has 76 valence electrons. The first-order chi connectivity index (χ1) is 6.60. The van der Waals surface area contributed by atoms with Crippen molar-refractivity contribution in [2.24, 2.45) is 0 Å². The van der Waals surface area contributed by atoms with Crippen molar-refractivity contribution in [1.29, 1.82) is 0 Å². The second-order valence-corrected chi connectivity index (χ2v) is 4.08. The molecule has 1 aromatic rings. The van der Waals surface area contributed by atoms with E-state index in [4.69, 9.17) is 23.2 Å². The zero-order chi connectivity index (χ0) is 10.7. The minimum atomic E-state index is -0.431. The molecule has 2 nitrogen and oxygen atoms in total. The first kappa shape index (κ1) is 11.8. The van der Waals surface area contributed by atoms with Crippen molar-refractivity contribution in [2.45, 2.75) is 5.88 Å². The van der Waals surface area contributed by atoms with E-state index < -0.39 is 5.97 Å². The minimum Gasteiger partial charge on any atom is -0.465 e. The van der Waals surface area contributed by atoms with Gasteiger partial charge in [0.25, 0.3) is 0 Å². The van der Waals surface area contributed by atoms with E-state index in [1.807, 2.05) is 0 Å². The van der Waals surface area contributed by atoms with Crippen LogP contribution in [0.15, 0.2) is 16.6 Å². The minimum absolute atomic E-state index is 0.304. The van der Waals surface area contributed by atoms with E-state index >= 15 is 0 Å². The highest BCUT2D eigenvalue weighted by Gasteiger charge is 2.13. The number of rotatable bonds is 2. The summed E-state index contributed by atoms with van der Waals surface area (Å²) < 4.78 is 5.21. The summed E-state index contributed by atoms with van der Waals surface area (Å²) in [5, 5.41) is 0.462. The lowest BCUT2D eigenvalue weighted by Gasteiger charge is -2.06. The Labute approximate surface area is 100 Å². The third-order valence-corrected chi connectivity index (χ3v) is 2.98. The van der Waals surface area contributed by atoms with Crippen molar-refractivity contribution in [3.05, 3.63) is 32.8 Å². The number of ether oxygens (including phenoxy) is 1. The molecule has 0 aromatic heterocycles. The van der Waals surface area contributed by atoms with E-state index in [0.29, 0.717) is 20.9 Å². The van der Waals surface area contributed by atoms with E-state index in [0.717, 1.165) is 5.56 Å². The van der Waals surface area contributed by atoms with Crippen LogP contribution >= 0.6 is 39.1 Å². The highest BCUT2D eigenvalue weighted by Crippen LogP contribution is 2.27. The number of halogens is 3. The van der Waals surface area contributed by atoms with Crippen molar-refractivity contribution in [2.75, 3.05) is 7.11 Å².